The van der Waals surface area contributed by atoms with Gasteiger partial charge in [-0.1, -0.05) is 48.0 Å². The fraction of sp³-hybridized carbons (Fsp3) is 0.0400. The van der Waals surface area contributed by atoms with Crippen LogP contribution in [0.5, 0.6) is 0 Å². The summed E-state index contributed by atoms with van der Waals surface area (Å²) in [5, 5.41) is 0. The predicted octanol–water partition coefficient (Wildman–Crippen LogP) is 5.78. The van der Waals surface area contributed by atoms with Crippen LogP contribution in [-0.2, 0) is 23.5 Å². The Morgan fingerprint density at radius 2 is 1.50 bits per heavy atom. The average Bonchev–Trinajstić information content (AvgIpc) is 3.42. The molecule has 0 N–H and O–H groups in total. The zero-order valence-corrected chi connectivity index (χ0v) is 15.4. The first kappa shape index (κ1) is 18.0. The molecule has 126 valence electrons. The van der Waals surface area contributed by atoms with Gasteiger partial charge in [-0.2, -0.15) is 42.2 Å². The fourth-order valence-corrected chi connectivity index (χ4v) is 3.19. The van der Waals surface area contributed by atoms with Crippen molar-refractivity contribution in [1.82, 2.24) is 0 Å². The van der Waals surface area contributed by atoms with Crippen molar-refractivity contribution >= 4 is 0 Å². The van der Waals surface area contributed by atoms with Crippen molar-refractivity contribution in [2.24, 2.45) is 0 Å². The summed E-state index contributed by atoms with van der Waals surface area (Å²) in [5.74, 6) is 6.58. The minimum Gasteiger partial charge on any atom is -0.214 e. The van der Waals surface area contributed by atoms with Crippen LogP contribution in [0, 0.1) is 11.8 Å². The Balaban J connectivity index is 0.000000285. The van der Waals surface area contributed by atoms with Crippen LogP contribution < -0.4 is 0 Å². The van der Waals surface area contributed by atoms with Gasteiger partial charge in [0.15, 0.2) is 0 Å². The Kier molecular flexibility index (Phi) is 5.92. The van der Waals surface area contributed by atoms with Crippen molar-refractivity contribution in [3.05, 3.63) is 119 Å². The molecule has 0 amide bonds. The molecule has 0 nitrogen and oxygen atoms in total. The van der Waals surface area contributed by atoms with Crippen molar-refractivity contribution in [2.45, 2.75) is 6.42 Å². The van der Waals surface area contributed by atoms with Gasteiger partial charge in [0.1, 0.15) is 0 Å². The summed E-state index contributed by atoms with van der Waals surface area (Å²) in [5.41, 5.74) is 7.71. The molecule has 0 bridgehead atoms. The van der Waals surface area contributed by atoms with E-state index in [1.807, 2.05) is 54.6 Å². The molecule has 0 aromatic heterocycles. The molecule has 0 atom stereocenters. The van der Waals surface area contributed by atoms with Gasteiger partial charge in [-0.15, -0.1) is 12.1 Å². The summed E-state index contributed by atoms with van der Waals surface area (Å²) in [6.45, 7) is 0. The van der Waals surface area contributed by atoms with E-state index in [2.05, 4.69) is 54.3 Å². The number of benzene rings is 2. The van der Waals surface area contributed by atoms with Gasteiger partial charge in [0.2, 0.25) is 0 Å². The molecule has 0 saturated carbocycles. The van der Waals surface area contributed by atoms with Crippen molar-refractivity contribution in [1.29, 1.82) is 0 Å². The summed E-state index contributed by atoms with van der Waals surface area (Å²) in [4.78, 5) is 0. The standard InChI is InChI=1S/C20H13.C5H5.Fe/c1-2-7-15(6-1)12-13-16-9-5-11-19-18-10-4-3-8-17(18)14-20(16)19;1-2-4-5-3-1;/h1-11H,14H2;1-5H;/q2*-1;+2. The second kappa shape index (κ2) is 8.54. The Morgan fingerprint density at radius 3 is 2.23 bits per heavy atom. The third-order valence-corrected chi connectivity index (χ3v) is 4.41. The fourth-order valence-electron chi connectivity index (χ4n) is 3.19. The summed E-state index contributed by atoms with van der Waals surface area (Å²) >= 11 is 0. The maximum absolute atomic E-state index is 3.33. The Morgan fingerprint density at radius 1 is 0.769 bits per heavy atom. The molecule has 0 aliphatic heterocycles. The quantitative estimate of drug-likeness (QED) is 0.183. The maximum atomic E-state index is 3.33. The minimum absolute atomic E-state index is 0. The maximum Gasteiger partial charge on any atom is 2.00 e. The number of fused-ring (bicyclic) bond motifs is 3. The van der Waals surface area contributed by atoms with Crippen molar-refractivity contribution in [3.63, 3.8) is 0 Å². The van der Waals surface area contributed by atoms with Crippen molar-refractivity contribution in [2.75, 3.05) is 0 Å². The van der Waals surface area contributed by atoms with Crippen molar-refractivity contribution in [3.8, 4) is 23.0 Å². The first-order chi connectivity index (χ1) is 12.4. The summed E-state index contributed by atoms with van der Waals surface area (Å²) in [7, 11) is 0. The zero-order chi connectivity index (χ0) is 16.9. The Labute approximate surface area is 165 Å². The monoisotopic (exact) mass is 374 g/mol. The number of hydrogen-bond acceptors (Lipinski definition) is 0. The van der Waals surface area contributed by atoms with Crippen LogP contribution in [0.2, 0.25) is 0 Å². The van der Waals surface area contributed by atoms with Gasteiger partial charge in [0, 0.05) is 0 Å². The van der Waals surface area contributed by atoms with Gasteiger partial charge in [0.05, 0.1) is 0 Å². The molecule has 1 aliphatic carbocycles. The van der Waals surface area contributed by atoms with Crippen LogP contribution in [0.4, 0.5) is 0 Å². The third-order valence-electron chi connectivity index (χ3n) is 4.41. The molecular weight excluding hydrogens is 356 g/mol. The molecule has 26 heavy (non-hydrogen) atoms. The molecule has 4 aromatic rings. The number of hydrogen-bond donors (Lipinski definition) is 0. The molecule has 0 spiro atoms. The molecular formula is C25H18Fe. The first-order valence-electron chi connectivity index (χ1n) is 8.52. The van der Waals surface area contributed by atoms with Crippen LogP contribution >= 0.6 is 0 Å². The van der Waals surface area contributed by atoms with Crippen LogP contribution in [0.25, 0.3) is 11.1 Å². The van der Waals surface area contributed by atoms with E-state index in [1.54, 1.807) is 0 Å². The minimum atomic E-state index is 0. The van der Waals surface area contributed by atoms with Gasteiger partial charge in [0.25, 0.3) is 0 Å². The van der Waals surface area contributed by atoms with E-state index in [0.29, 0.717) is 0 Å². The van der Waals surface area contributed by atoms with Crippen LogP contribution in [0.1, 0.15) is 22.3 Å². The van der Waals surface area contributed by atoms with E-state index in [4.69, 9.17) is 0 Å². The number of rotatable bonds is 0. The Bertz CT molecular complexity index is 992. The average molecular weight is 374 g/mol. The van der Waals surface area contributed by atoms with Crippen LogP contribution in [0.15, 0.2) is 97.1 Å². The molecule has 5 rings (SSSR count). The van der Waals surface area contributed by atoms with Crippen molar-refractivity contribution < 1.29 is 17.1 Å². The van der Waals surface area contributed by atoms with E-state index < -0.39 is 0 Å². The third kappa shape index (κ3) is 3.89. The molecule has 4 aromatic carbocycles. The molecule has 1 heteroatoms. The second-order valence-corrected chi connectivity index (χ2v) is 6.05. The van der Waals surface area contributed by atoms with Gasteiger partial charge in [-0.25, -0.2) is 12.1 Å². The summed E-state index contributed by atoms with van der Waals surface area (Å²) in [6.07, 6.45) is 0.997. The van der Waals surface area contributed by atoms with E-state index in [1.165, 1.54) is 22.3 Å². The van der Waals surface area contributed by atoms with Crippen LogP contribution in [-0.4, -0.2) is 0 Å². The topological polar surface area (TPSA) is 0 Å². The zero-order valence-electron chi connectivity index (χ0n) is 14.3. The molecule has 0 fully saturated rings. The first-order valence-corrected chi connectivity index (χ1v) is 8.52. The molecule has 0 unspecified atom stereocenters. The van der Waals surface area contributed by atoms with Crippen LogP contribution in [0.3, 0.4) is 0 Å². The SMILES string of the molecule is C(#C[c-]1cccc1)c1cccc2c1Cc1ccccc1-2.[Fe+2].c1cc[cH-]c1. The normalized spacial score (nSPS) is 10.3. The molecule has 0 heterocycles. The van der Waals surface area contributed by atoms with Gasteiger partial charge >= 0.3 is 17.1 Å². The van der Waals surface area contributed by atoms with Gasteiger partial charge in [-0.3, -0.25) is 0 Å². The van der Waals surface area contributed by atoms with Gasteiger partial charge in [-0.05, 0) is 34.2 Å². The largest absolute Gasteiger partial charge is 2.00 e. The molecule has 1 aliphatic rings. The van der Waals surface area contributed by atoms with E-state index in [0.717, 1.165) is 17.5 Å². The summed E-state index contributed by atoms with van der Waals surface area (Å²) < 4.78 is 0. The molecule has 0 saturated heterocycles. The smallest absolute Gasteiger partial charge is 0.214 e. The van der Waals surface area contributed by atoms with E-state index in [-0.39, 0.29) is 17.1 Å². The summed E-state index contributed by atoms with van der Waals surface area (Å²) in [6, 6.07) is 33.2. The predicted molar refractivity (Wildman–Crippen MR) is 105 cm³/mol. The second-order valence-electron chi connectivity index (χ2n) is 6.05. The van der Waals surface area contributed by atoms with E-state index in [9.17, 15) is 0 Å². The van der Waals surface area contributed by atoms with Gasteiger partial charge < -0.3 is 0 Å². The Hall–Kier alpha value is -2.78. The van der Waals surface area contributed by atoms with E-state index >= 15 is 0 Å². The molecule has 0 radical (unpaired) electrons.